The lowest BCUT2D eigenvalue weighted by Gasteiger charge is -1.61. The van der Waals surface area contributed by atoms with Gasteiger partial charge in [-0.25, -0.2) is 0 Å². The highest BCUT2D eigenvalue weighted by molar-refractivity contribution is 7.59. The van der Waals surface area contributed by atoms with Crippen molar-refractivity contribution in [2.75, 3.05) is 0 Å². The molecule has 0 saturated heterocycles. The number of hydrogen-bond donors (Lipinski definition) is 2. The summed E-state index contributed by atoms with van der Waals surface area (Å²) in [5, 5.41) is 0. The highest BCUT2D eigenvalue weighted by Crippen LogP contribution is 1.98. The predicted octanol–water partition coefficient (Wildman–Crippen LogP) is -0.526. The molecule has 0 radical (unpaired) electrons. The molecule has 0 saturated carbocycles. The molecule has 0 unspecified atom stereocenters. The van der Waals surface area contributed by atoms with Gasteiger partial charge in [0.05, 0.1) is 0 Å². The molecule has 2 N–H and O–H groups in total. The van der Waals surface area contributed by atoms with Crippen LogP contribution in [0.5, 0.6) is 0 Å². The molecule has 0 aliphatic heterocycles. The first-order valence-corrected chi connectivity index (χ1v) is 1.95. The summed E-state index contributed by atoms with van der Waals surface area (Å²) in [4.78, 5) is 14.3. The summed E-state index contributed by atoms with van der Waals surface area (Å²) in [6.07, 6.45) is 0. The summed E-state index contributed by atoms with van der Waals surface area (Å²) < 4.78 is 8.74. The monoisotopic (exact) mass is 116 g/mol. The van der Waals surface area contributed by atoms with Crippen LogP contribution in [0.1, 0.15) is 0 Å². The van der Waals surface area contributed by atoms with Crippen molar-refractivity contribution in [3.05, 3.63) is 0 Å². The van der Waals surface area contributed by atoms with Crippen molar-refractivity contribution in [3.63, 3.8) is 0 Å². The maximum absolute atomic E-state index is 8.74. The van der Waals surface area contributed by atoms with Gasteiger partial charge in [-0.3, -0.25) is 4.57 Å². The van der Waals surface area contributed by atoms with E-state index in [0.29, 0.717) is 0 Å². The van der Waals surface area contributed by atoms with Crippen molar-refractivity contribution in [3.8, 4) is 0 Å². The van der Waals surface area contributed by atoms with Crippen molar-refractivity contribution in [1.82, 2.24) is 0 Å². The Balaban J connectivity index is 0. The van der Waals surface area contributed by atoms with Crippen LogP contribution in [0.25, 0.3) is 0 Å². The first kappa shape index (κ1) is 9.09. The summed E-state index contributed by atoms with van der Waals surface area (Å²) in [5.41, 5.74) is 0. The highest BCUT2D eigenvalue weighted by atomic mass is 32.1. The van der Waals surface area contributed by atoms with E-state index in [1.165, 1.54) is 0 Å². The van der Waals surface area contributed by atoms with Crippen LogP contribution in [0, 0.1) is 0 Å². The lowest BCUT2D eigenvalue weighted by molar-refractivity contribution is 0.405. The van der Waals surface area contributed by atoms with Crippen LogP contribution in [0.2, 0.25) is 0 Å². The lowest BCUT2D eigenvalue weighted by atomic mass is 15.8. The Kier molecular flexibility index (Phi) is 8.18. The fourth-order valence-electron chi connectivity index (χ4n) is 0. The van der Waals surface area contributed by atoms with E-state index >= 15 is 0 Å². The van der Waals surface area contributed by atoms with E-state index in [0.717, 1.165) is 0 Å². The van der Waals surface area contributed by atoms with Gasteiger partial charge in [-0.1, -0.05) is 0 Å². The fourth-order valence-corrected chi connectivity index (χ4v) is 0. The third-order valence-corrected chi connectivity index (χ3v) is 0. The standard InChI is InChI=1S/H3O3P.H2S/c1-4(2)3;/h4H,(H2,1,2,3);1H2. The number of hydrogen-bond acceptors (Lipinski definition) is 1. The minimum Gasteiger partial charge on any atom is -0.326 e. The first-order valence-electron chi connectivity index (χ1n) is 0.651. The highest BCUT2D eigenvalue weighted by Gasteiger charge is 1.61. The molecule has 0 rings (SSSR count). The molecule has 0 aromatic rings. The SMILES string of the molecule is O=[PH](O)O.S. The van der Waals surface area contributed by atoms with Crippen LogP contribution >= 0.6 is 21.8 Å². The molecule has 0 spiro atoms. The van der Waals surface area contributed by atoms with Gasteiger partial charge >= 0.3 is 8.25 Å². The van der Waals surface area contributed by atoms with Crippen LogP contribution < -0.4 is 0 Å². The molecule has 0 aromatic carbocycles. The minimum atomic E-state index is -3.13. The van der Waals surface area contributed by atoms with Gasteiger partial charge in [0.2, 0.25) is 0 Å². The lowest BCUT2D eigenvalue weighted by Crippen LogP contribution is -1.38. The topological polar surface area (TPSA) is 57.5 Å². The third kappa shape index (κ3) is 113. The van der Waals surface area contributed by atoms with Crippen molar-refractivity contribution in [2.24, 2.45) is 0 Å². The molecule has 0 bridgehead atoms. The van der Waals surface area contributed by atoms with Crippen LogP contribution in [-0.2, 0) is 4.57 Å². The van der Waals surface area contributed by atoms with Gasteiger partial charge in [0.25, 0.3) is 0 Å². The van der Waals surface area contributed by atoms with E-state index in [1.54, 1.807) is 0 Å². The van der Waals surface area contributed by atoms with Crippen molar-refractivity contribution in [2.45, 2.75) is 0 Å². The maximum Gasteiger partial charge on any atom is 0.314 e. The molecular formula is H5O3PS. The second-order valence-electron chi connectivity index (χ2n) is 0.283. The second-order valence-corrected chi connectivity index (χ2v) is 0.848. The Bertz CT molecular complexity index is 29.9. The van der Waals surface area contributed by atoms with Gasteiger partial charge in [0, 0.05) is 0 Å². The molecule has 0 fully saturated rings. The van der Waals surface area contributed by atoms with E-state index in [4.69, 9.17) is 14.4 Å². The van der Waals surface area contributed by atoms with Crippen molar-refractivity contribution >= 4 is 21.8 Å². The van der Waals surface area contributed by atoms with Gasteiger partial charge in [0.1, 0.15) is 0 Å². The Morgan fingerprint density at radius 1 is 1.40 bits per heavy atom. The molecule has 34 valence electrons. The van der Waals surface area contributed by atoms with Crippen LogP contribution in [-0.4, -0.2) is 9.79 Å². The van der Waals surface area contributed by atoms with E-state index in [1.807, 2.05) is 0 Å². The zero-order chi connectivity index (χ0) is 3.58. The van der Waals surface area contributed by atoms with Gasteiger partial charge in [-0.2, -0.15) is 13.5 Å². The van der Waals surface area contributed by atoms with E-state index in [9.17, 15) is 0 Å². The minimum absolute atomic E-state index is 0. The summed E-state index contributed by atoms with van der Waals surface area (Å²) in [5.74, 6) is 0. The van der Waals surface area contributed by atoms with Crippen LogP contribution in [0.4, 0.5) is 0 Å². The van der Waals surface area contributed by atoms with E-state index in [2.05, 4.69) is 0 Å². The molecule has 5 heavy (non-hydrogen) atoms. The zero-order valence-electron chi connectivity index (χ0n) is 2.30. The second kappa shape index (κ2) is 4.50. The average Bonchev–Trinajstić information content (AvgIpc) is 0.811. The quantitative estimate of drug-likeness (QED) is 0.418. The summed E-state index contributed by atoms with van der Waals surface area (Å²) in [6, 6.07) is 0. The first-order chi connectivity index (χ1) is 1.73. The Labute approximate surface area is 37.0 Å². The predicted molar refractivity (Wildman–Crippen MR) is 23.8 cm³/mol. The summed E-state index contributed by atoms with van der Waals surface area (Å²) >= 11 is 0. The summed E-state index contributed by atoms with van der Waals surface area (Å²) in [7, 11) is -3.13. The van der Waals surface area contributed by atoms with Gasteiger partial charge in [-0.05, 0) is 0 Å². The summed E-state index contributed by atoms with van der Waals surface area (Å²) in [6.45, 7) is 0. The Hall–Kier alpha value is 0.500. The third-order valence-electron chi connectivity index (χ3n) is 0. The normalized spacial score (nSPS) is 7.00. The van der Waals surface area contributed by atoms with E-state index in [-0.39, 0.29) is 13.5 Å². The molecule has 5 heteroatoms. The van der Waals surface area contributed by atoms with Gasteiger partial charge in [0.15, 0.2) is 0 Å². The average molecular weight is 116 g/mol. The molecule has 0 aromatic heterocycles. The smallest absolute Gasteiger partial charge is 0.314 e. The maximum atomic E-state index is 8.74. The molecule has 0 aliphatic rings. The molecule has 0 heterocycles. The molecule has 0 amide bonds. The van der Waals surface area contributed by atoms with Gasteiger partial charge in [-0.15, -0.1) is 0 Å². The molecule has 0 atom stereocenters. The van der Waals surface area contributed by atoms with E-state index < -0.39 is 8.25 Å². The van der Waals surface area contributed by atoms with Crippen molar-refractivity contribution < 1.29 is 14.4 Å². The molecule has 3 nitrogen and oxygen atoms in total. The van der Waals surface area contributed by atoms with Crippen LogP contribution in [0.3, 0.4) is 0 Å². The Morgan fingerprint density at radius 3 is 1.40 bits per heavy atom. The van der Waals surface area contributed by atoms with Crippen molar-refractivity contribution in [1.29, 1.82) is 0 Å². The molecule has 0 aliphatic carbocycles. The number of rotatable bonds is 0. The molecular weight excluding hydrogens is 111 g/mol. The zero-order valence-corrected chi connectivity index (χ0v) is 4.30. The van der Waals surface area contributed by atoms with Gasteiger partial charge < -0.3 is 9.79 Å². The van der Waals surface area contributed by atoms with Crippen LogP contribution in [0.15, 0.2) is 0 Å². The largest absolute Gasteiger partial charge is 0.326 e. The Morgan fingerprint density at radius 2 is 1.40 bits per heavy atom. The fraction of sp³-hybridized carbons (Fsp3) is 0.